The van der Waals surface area contributed by atoms with Gasteiger partial charge in [0.1, 0.15) is 15.9 Å². The molecule has 24 heavy (non-hydrogen) atoms. The molecule has 2 nitrogen and oxygen atoms in total. The monoisotopic (exact) mass is 334 g/mol. The first-order chi connectivity index (χ1) is 11.7. The lowest BCUT2D eigenvalue weighted by Gasteiger charge is -2.35. The molecule has 0 fully saturated rings. The Morgan fingerprint density at radius 1 is 0.667 bits per heavy atom. The summed E-state index contributed by atoms with van der Waals surface area (Å²) in [7, 11) is 4.30. The molecular formula is C21H23N2P. The first kappa shape index (κ1) is 16.7. The Bertz CT molecular complexity index is 746. The van der Waals surface area contributed by atoms with E-state index >= 15 is 0 Å². The van der Waals surface area contributed by atoms with Crippen LogP contribution in [0.1, 0.15) is 0 Å². The average molecular weight is 334 g/mol. The topological polar surface area (TPSA) is 17.3 Å². The molecule has 0 aliphatic rings. The summed E-state index contributed by atoms with van der Waals surface area (Å²) in [6.45, 7) is 0. The van der Waals surface area contributed by atoms with Crippen molar-refractivity contribution in [2.75, 3.05) is 21.1 Å². The molecular weight excluding hydrogens is 311 g/mol. The Morgan fingerprint density at radius 2 is 1.12 bits per heavy atom. The van der Waals surface area contributed by atoms with Crippen molar-refractivity contribution in [1.29, 1.82) is 0 Å². The predicted octanol–water partition coefficient (Wildman–Crippen LogP) is 4.09. The first-order valence-corrected chi connectivity index (χ1v) is 9.83. The van der Waals surface area contributed by atoms with Gasteiger partial charge in [0, 0.05) is 14.1 Å². The summed E-state index contributed by atoms with van der Waals surface area (Å²) in [5.41, 5.74) is 1.06. The number of rotatable bonds is 5. The van der Waals surface area contributed by atoms with E-state index in [9.17, 15) is 0 Å². The van der Waals surface area contributed by atoms with Crippen molar-refractivity contribution in [2.24, 2.45) is 0 Å². The van der Waals surface area contributed by atoms with Crippen LogP contribution in [0.4, 0.5) is 5.69 Å². The van der Waals surface area contributed by atoms with Gasteiger partial charge in [-0.3, -0.25) is 0 Å². The van der Waals surface area contributed by atoms with Gasteiger partial charge in [-0.15, -0.1) is 7.05 Å². The second-order valence-corrected chi connectivity index (χ2v) is 9.45. The zero-order chi connectivity index (χ0) is 17.0. The summed E-state index contributed by atoms with van der Waals surface area (Å²) in [6, 6.07) is 30.2. The third-order valence-corrected chi connectivity index (χ3v) is 8.70. The number of hydrogen-bond donors (Lipinski definition) is 0. The van der Waals surface area contributed by atoms with Crippen LogP contribution in [0.15, 0.2) is 84.9 Å². The van der Waals surface area contributed by atoms with Crippen molar-refractivity contribution in [3.8, 4) is 0 Å². The Kier molecular flexibility index (Phi) is 4.99. The minimum Gasteiger partial charge on any atom is -0.684 e. The van der Waals surface area contributed by atoms with Crippen LogP contribution in [0.3, 0.4) is 0 Å². The Morgan fingerprint density at radius 3 is 1.58 bits per heavy atom. The second kappa shape index (κ2) is 7.17. The molecule has 0 saturated carbocycles. The van der Waals surface area contributed by atoms with E-state index in [2.05, 4.69) is 109 Å². The number of nitrogens with zero attached hydrogens (tertiary/aromatic N) is 2. The molecule has 0 N–H and O–H groups in total. The molecule has 0 radical (unpaired) electrons. The maximum absolute atomic E-state index is 4.57. The molecule has 122 valence electrons. The van der Waals surface area contributed by atoms with E-state index in [1.54, 1.807) is 0 Å². The van der Waals surface area contributed by atoms with E-state index in [0.717, 1.165) is 5.69 Å². The van der Waals surface area contributed by atoms with Crippen molar-refractivity contribution >= 4 is 29.0 Å². The quantitative estimate of drug-likeness (QED) is 0.642. The lowest BCUT2D eigenvalue weighted by atomic mass is 10.3. The van der Waals surface area contributed by atoms with Crippen molar-refractivity contribution in [1.82, 2.24) is 4.67 Å². The SMILES string of the molecule is C[N-]c1ccccc1[P+](c1ccccc1)(c1ccccc1)N(C)C. The molecule has 3 aromatic rings. The summed E-state index contributed by atoms with van der Waals surface area (Å²) >= 11 is 0. The van der Waals surface area contributed by atoms with Crippen molar-refractivity contribution in [2.45, 2.75) is 0 Å². The normalized spacial score (nSPS) is 11.5. The van der Waals surface area contributed by atoms with Gasteiger partial charge in [-0.25, -0.2) is 0 Å². The predicted molar refractivity (Wildman–Crippen MR) is 108 cm³/mol. The van der Waals surface area contributed by atoms with Gasteiger partial charge in [-0.2, -0.15) is 4.67 Å². The van der Waals surface area contributed by atoms with Gasteiger partial charge in [0.2, 0.25) is 0 Å². The molecule has 0 bridgehead atoms. The zero-order valence-corrected chi connectivity index (χ0v) is 15.3. The fourth-order valence-electron chi connectivity index (χ4n) is 3.32. The van der Waals surface area contributed by atoms with Crippen LogP contribution in [0.2, 0.25) is 0 Å². The Balaban J connectivity index is 2.40. The molecule has 0 aliphatic carbocycles. The lowest BCUT2D eigenvalue weighted by Crippen LogP contribution is -2.40. The first-order valence-electron chi connectivity index (χ1n) is 8.08. The van der Waals surface area contributed by atoms with Crippen molar-refractivity contribution in [3.63, 3.8) is 0 Å². The summed E-state index contributed by atoms with van der Waals surface area (Å²) < 4.78 is 2.39. The number of benzene rings is 3. The van der Waals surface area contributed by atoms with E-state index in [0.29, 0.717) is 0 Å². The molecule has 3 rings (SSSR count). The van der Waals surface area contributed by atoms with E-state index in [-0.39, 0.29) is 0 Å². The van der Waals surface area contributed by atoms with Crippen molar-refractivity contribution in [3.05, 3.63) is 90.2 Å². The van der Waals surface area contributed by atoms with Crippen LogP contribution in [-0.4, -0.2) is 25.8 Å². The highest BCUT2D eigenvalue weighted by Crippen LogP contribution is 2.58. The minimum atomic E-state index is -1.94. The van der Waals surface area contributed by atoms with Crippen LogP contribution in [0.5, 0.6) is 0 Å². The summed E-state index contributed by atoms with van der Waals surface area (Å²) in [6.07, 6.45) is 0. The third-order valence-electron chi connectivity index (χ3n) is 4.33. The van der Waals surface area contributed by atoms with Crippen LogP contribution in [0, 0.1) is 0 Å². The van der Waals surface area contributed by atoms with Gasteiger partial charge >= 0.3 is 0 Å². The maximum atomic E-state index is 4.57. The van der Waals surface area contributed by atoms with Gasteiger partial charge in [0.25, 0.3) is 0 Å². The van der Waals surface area contributed by atoms with Gasteiger partial charge in [0.05, 0.1) is 0 Å². The number of para-hydroxylation sites is 1. The molecule has 0 aromatic heterocycles. The van der Waals surface area contributed by atoms with E-state index in [1.165, 1.54) is 15.9 Å². The molecule has 3 heteroatoms. The lowest BCUT2D eigenvalue weighted by molar-refractivity contribution is 0.681. The summed E-state index contributed by atoms with van der Waals surface area (Å²) in [5, 5.41) is 8.56. The molecule has 0 atom stereocenters. The summed E-state index contributed by atoms with van der Waals surface area (Å²) in [5.74, 6) is 0. The maximum Gasteiger partial charge on any atom is 0.179 e. The van der Waals surface area contributed by atoms with E-state index in [1.807, 2.05) is 7.05 Å². The van der Waals surface area contributed by atoms with E-state index < -0.39 is 7.41 Å². The van der Waals surface area contributed by atoms with Crippen molar-refractivity contribution < 1.29 is 0 Å². The van der Waals surface area contributed by atoms with Crippen LogP contribution >= 0.6 is 7.41 Å². The van der Waals surface area contributed by atoms with E-state index in [4.69, 9.17) is 0 Å². The molecule has 0 heterocycles. The van der Waals surface area contributed by atoms with Crippen LogP contribution in [-0.2, 0) is 0 Å². The molecule has 0 saturated heterocycles. The molecule has 0 unspecified atom stereocenters. The smallest absolute Gasteiger partial charge is 0.179 e. The standard InChI is InChI=1S/C21H23N2P/c1-22-20-16-10-11-17-21(20)24(23(2)3,18-12-6-4-7-13-18)19-14-8-5-9-15-19/h4-17H,1-3H3. The molecule has 0 spiro atoms. The molecule has 0 amide bonds. The Labute approximate surface area is 145 Å². The van der Waals surface area contributed by atoms with Gasteiger partial charge in [0.15, 0.2) is 7.41 Å². The minimum absolute atomic E-state index is 1.06. The van der Waals surface area contributed by atoms with Gasteiger partial charge in [-0.1, -0.05) is 60.3 Å². The number of hydrogen-bond acceptors (Lipinski definition) is 1. The van der Waals surface area contributed by atoms with Gasteiger partial charge < -0.3 is 5.32 Å². The third kappa shape index (κ3) is 2.73. The van der Waals surface area contributed by atoms with Crippen LogP contribution in [0.25, 0.3) is 5.32 Å². The molecule has 3 aromatic carbocycles. The second-order valence-electron chi connectivity index (χ2n) is 5.87. The fraction of sp³-hybridized carbons (Fsp3) is 0.143. The highest BCUT2D eigenvalue weighted by molar-refractivity contribution is 7.94. The highest BCUT2D eigenvalue weighted by atomic mass is 31.2. The fourth-order valence-corrected chi connectivity index (χ4v) is 7.54. The van der Waals surface area contributed by atoms with Gasteiger partial charge in [-0.05, 0) is 30.3 Å². The molecule has 0 aliphatic heterocycles. The Hall–Kier alpha value is -2.15. The largest absolute Gasteiger partial charge is 0.684 e. The highest BCUT2D eigenvalue weighted by Gasteiger charge is 2.48. The zero-order valence-electron chi connectivity index (χ0n) is 14.4. The van der Waals surface area contributed by atoms with Crippen LogP contribution < -0.4 is 15.9 Å². The summed E-state index contributed by atoms with van der Waals surface area (Å²) in [4.78, 5) is 0. The average Bonchev–Trinajstić information content (AvgIpc) is 2.64.